The van der Waals surface area contributed by atoms with Crippen molar-refractivity contribution in [2.45, 2.75) is 83.0 Å². The first-order chi connectivity index (χ1) is 16.8. The van der Waals surface area contributed by atoms with E-state index in [0.29, 0.717) is 6.61 Å². The normalized spacial score (nSPS) is 24.1. The molecule has 0 radical (unpaired) electrons. The van der Waals surface area contributed by atoms with Crippen LogP contribution < -0.4 is 0 Å². The van der Waals surface area contributed by atoms with Crippen molar-refractivity contribution >= 4 is 16.9 Å². The Balaban J connectivity index is 1.42. The van der Waals surface area contributed by atoms with Crippen LogP contribution in [0.15, 0.2) is 66.7 Å². The molecule has 5 nitrogen and oxygen atoms in total. The molecule has 4 unspecified atom stereocenters. The van der Waals surface area contributed by atoms with Gasteiger partial charge in [0.1, 0.15) is 5.60 Å². The lowest BCUT2D eigenvalue weighted by Crippen LogP contribution is -2.55. The average molecular weight is 474 g/mol. The predicted octanol–water partition coefficient (Wildman–Crippen LogP) is 6.17. The minimum Gasteiger partial charge on any atom is -0.444 e. The van der Waals surface area contributed by atoms with Gasteiger partial charge >= 0.3 is 6.09 Å². The lowest BCUT2D eigenvalue weighted by atomic mass is 9.82. The van der Waals surface area contributed by atoms with Crippen LogP contribution in [0.2, 0.25) is 0 Å². The molecule has 0 aliphatic carbocycles. The topological polar surface area (TPSA) is 59.0 Å². The number of amides is 1. The van der Waals surface area contributed by atoms with Gasteiger partial charge in [0.2, 0.25) is 0 Å². The summed E-state index contributed by atoms with van der Waals surface area (Å²) in [4.78, 5) is 15.1. The van der Waals surface area contributed by atoms with Crippen molar-refractivity contribution in [3.8, 4) is 0 Å². The second-order valence-corrected chi connectivity index (χ2v) is 10.9. The van der Waals surface area contributed by atoms with Crippen LogP contribution in [-0.4, -0.2) is 39.9 Å². The molecule has 5 heteroatoms. The molecule has 1 N–H and O–H groups in total. The molecule has 2 aliphatic heterocycles. The molecule has 2 fully saturated rings. The largest absolute Gasteiger partial charge is 0.444 e. The van der Waals surface area contributed by atoms with E-state index in [4.69, 9.17) is 9.47 Å². The fourth-order valence-electron chi connectivity index (χ4n) is 5.70. The first-order valence-electron chi connectivity index (χ1n) is 12.6. The third-order valence-corrected chi connectivity index (χ3v) is 7.30. The summed E-state index contributed by atoms with van der Waals surface area (Å²) in [6, 6.07) is 23.1. The van der Waals surface area contributed by atoms with Crippen LogP contribution in [-0.2, 0) is 22.7 Å². The van der Waals surface area contributed by atoms with Gasteiger partial charge in [-0.15, -0.1) is 0 Å². The molecule has 3 aromatic rings. The Hall–Kier alpha value is -2.89. The van der Waals surface area contributed by atoms with E-state index in [1.807, 2.05) is 37.8 Å². The van der Waals surface area contributed by atoms with Crippen molar-refractivity contribution in [1.29, 1.82) is 0 Å². The lowest BCUT2D eigenvalue weighted by Gasteiger charge is -2.44. The van der Waals surface area contributed by atoms with Gasteiger partial charge in [-0.1, -0.05) is 60.7 Å². The zero-order valence-electron chi connectivity index (χ0n) is 20.8. The molecule has 0 aromatic heterocycles. The van der Waals surface area contributed by atoms with Gasteiger partial charge in [-0.3, -0.25) is 4.90 Å². The molecule has 1 amide bonds. The molecule has 2 heterocycles. The number of aliphatic hydroxyl groups is 1. The van der Waals surface area contributed by atoms with Crippen molar-refractivity contribution < 1.29 is 19.4 Å². The fraction of sp³-hybridized carbons (Fsp3) is 0.433. The number of fused-ring (bicyclic) bond motifs is 3. The zero-order chi connectivity index (χ0) is 24.6. The maximum atomic E-state index is 13.2. The maximum Gasteiger partial charge on any atom is 0.410 e. The van der Waals surface area contributed by atoms with Gasteiger partial charge in [0.15, 0.2) is 0 Å². The summed E-state index contributed by atoms with van der Waals surface area (Å²) in [5.74, 6) is 0.180. The van der Waals surface area contributed by atoms with E-state index >= 15 is 0 Å². The Morgan fingerprint density at radius 3 is 2.40 bits per heavy atom. The van der Waals surface area contributed by atoms with E-state index in [-0.39, 0.29) is 36.8 Å². The highest BCUT2D eigenvalue weighted by atomic mass is 16.6. The van der Waals surface area contributed by atoms with Crippen molar-refractivity contribution in [1.82, 2.24) is 4.90 Å². The van der Waals surface area contributed by atoms with Crippen LogP contribution >= 0.6 is 0 Å². The molecule has 0 saturated carbocycles. The first kappa shape index (κ1) is 23.8. The van der Waals surface area contributed by atoms with Crippen LogP contribution in [0.25, 0.3) is 10.8 Å². The van der Waals surface area contributed by atoms with Crippen LogP contribution in [0.5, 0.6) is 0 Å². The van der Waals surface area contributed by atoms with Gasteiger partial charge in [-0.05, 0) is 73.6 Å². The first-order valence-corrected chi connectivity index (χ1v) is 12.6. The SMILES string of the molecule is CC(C)(C)OC(=O)N1C2CCC1C(OCc1ccc3ccccc3c1)C(c1ccc(CO)cc1)C2. The summed E-state index contributed by atoms with van der Waals surface area (Å²) in [6.07, 6.45) is 2.35. The van der Waals surface area contributed by atoms with Gasteiger partial charge in [0.25, 0.3) is 0 Å². The van der Waals surface area contributed by atoms with Crippen LogP contribution in [0, 0.1) is 0 Å². The molecular weight excluding hydrogens is 438 g/mol. The standard InChI is InChI=1S/C30H35NO4/c1-30(2,3)35-29(33)31-25-14-15-27(31)28(26(17-25)23-12-8-20(18-32)9-13-23)34-19-21-10-11-22-6-4-5-7-24(22)16-21/h4-13,16,25-28,32H,14-15,17-19H2,1-3H3. The smallest absolute Gasteiger partial charge is 0.410 e. The fourth-order valence-corrected chi connectivity index (χ4v) is 5.70. The van der Waals surface area contributed by atoms with Gasteiger partial charge < -0.3 is 14.6 Å². The van der Waals surface area contributed by atoms with E-state index in [0.717, 1.165) is 30.4 Å². The maximum absolute atomic E-state index is 13.2. The molecule has 2 saturated heterocycles. The van der Waals surface area contributed by atoms with Crippen LogP contribution in [0.3, 0.4) is 0 Å². The number of piperidine rings is 1. The van der Waals surface area contributed by atoms with Crippen molar-refractivity contribution in [3.05, 3.63) is 83.4 Å². The number of nitrogens with zero attached hydrogens (tertiary/aromatic N) is 1. The van der Waals surface area contributed by atoms with Crippen molar-refractivity contribution in [3.63, 3.8) is 0 Å². The second-order valence-electron chi connectivity index (χ2n) is 10.9. The number of carbonyl (C=O) groups excluding carboxylic acids is 1. The minimum absolute atomic E-state index is 0.0217. The number of hydrogen-bond acceptors (Lipinski definition) is 4. The minimum atomic E-state index is -0.533. The number of rotatable bonds is 5. The third kappa shape index (κ3) is 5.07. The Labute approximate surface area is 207 Å². The van der Waals surface area contributed by atoms with Gasteiger partial charge in [0, 0.05) is 12.0 Å². The molecule has 3 aromatic carbocycles. The summed E-state index contributed by atoms with van der Waals surface area (Å²) in [5.41, 5.74) is 2.69. The number of hydrogen-bond donors (Lipinski definition) is 1. The van der Waals surface area contributed by atoms with Crippen molar-refractivity contribution in [2.75, 3.05) is 0 Å². The predicted molar refractivity (Wildman–Crippen MR) is 137 cm³/mol. The molecule has 35 heavy (non-hydrogen) atoms. The number of carbonyl (C=O) groups is 1. The van der Waals surface area contributed by atoms with E-state index in [1.165, 1.54) is 16.3 Å². The Bertz CT molecular complexity index is 1180. The second kappa shape index (κ2) is 9.63. The Morgan fingerprint density at radius 2 is 1.69 bits per heavy atom. The average Bonchev–Trinajstić information content (AvgIpc) is 3.17. The van der Waals surface area contributed by atoms with Crippen LogP contribution in [0.4, 0.5) is 4.79 Å². The highest BCUT2D eigenvalue weighted by molar-refractivity contribution is 5.82. The Morgan fingerprint density at radius 1 is 0.971 bits per heavy atom. The number of aliphatic hydroxyl groups excluding tert-OH is 1. The molecule has 5 rings (SSSR count). The third-order valence-electron chi connectivity index (χ3n) is 7.30. The van der Waals surface area contributed by atoms with E-state index in [9.17, 15) is 9.90 Å². The summed E-state index contributed by atoms with van der Waals surface area (Å²) in [7, 11) is 0. The Kier molecular flexibility index (Phi) is 6.56. The van der Waals surface area contributed by atoms with E-state index in [1.54, 1.807) is 0 Å². The molecule has 0 spiro atoms. The lowest BCUT2D eigenvalue weighted by molar-refractivity contribution is -0.0667. The number of ether oxygens (including phenoxy) is 2. The summed E-state index contributed by atoms with van der Waals surface area (Å²) >= 11 is 0. The number of benzene rings is 3. The van der Waals surface area contributed by atoms with Gasteiger partial charge in [-0.25, -0.2) is 4.79 Å². The molecule has 2 bridgehead atoms. The summed E-state index contributed by atoms with van der Waals surface area (Å²) in [5, 5.41) is 11.9. The monoisotopic (exact) mass is 473 g/mol. The molecule has 2 aliphatic rings. The van der Waals surface area contributed by atoms with Gasteiger partial charge in [-0.2, -0.15) is 0 Å². The van der Waals surface area contributed by atoms with E-state index in [2.05, 4.69) is 54.6 Å². The highest BCUT2D eigenvalue weighted by Crippen LogP contribution is 2.45. The molecule has 4 atom stereocenters. The summed E-state index contributed by atoms with van der Waals surface area (Å²) < 4.78 is 12.5. The van der Waals surface area contributed by atoms with Crippen LogP contribution in [0.1, 0.15) is 62.6 Å². The summed E-state index contributed by atoms with van der Waals surface area (Å²) in [6.45, 7) is 6.26. The molecular formula is C30H35NO4. The van der Waals surface area contributed by atoms with Crippen molar-refractivity contribution in [2.24, 2.45) is 0 Å². The van der Waals surface area contributed by atoms with E-state index < -0.39 is 5.60 Å². The van der Waals surface area contributed by atoms with Gasteiger partial charge in [0.05, 0.1) is 25.4 Å². The molecule has 184 valence electrons. The zero-order valence-corrected chi connectivity index (χ0v) is 20.8. The highest BCUT2D eigenvalue weighted by Gasteiger charge is 2.51. The quantitative estimate of drug-likeness (QED) is 0.481.